The Morgan fingerprint density at radius 2 is 1.76 bits per heavy atom. The van der Waals surface area contributed by atoms with Gasteiger partial charge in [0.05, 0.1) is 12.2 Å². The monoisotopic (exact) mass is 379 g/mol. The first-order valence-electron chi connectivity index (χ1n) is 9.12. The van der Waals surface area contributed by atoms with E-state index in [0.717, 1.165) is 28.5 Å². The maximum Gasteiger partial charge on any atom is 0.248 e. The van der Waals surface area contributed by atoms with Crippen LogP contribution in [-0.2, 0) is 16.0 Å². The average molecular weight is 380 g/mol. The highest BCUT2D eigenvalue weighted by atomic mass is 32.2. The lowest BCUT2D eigenvalue weighted by Crippen LogP contribution is -2.49. The number of aryl methyl sites for hydroxylation is 1. The summed E-state index contributed by atoms with van der Waals surface area (Å²) in [6.45, 7) is 1.90. The number of carbonyl (C=O) groups excluding carboxylic acids is 2. The second kappa shape index (κ2) is 6.91. The zero-order valence-electron chi connectivity index (χ0n) is 14.5. The van der Waals surface area contributed by atoms with Gasteiger partial charge in [-0.05, 0) is 63.2 Å². The lowest BCUT2D eigenvalue weighted by molar-refractivity contribution is -0.127. The second-order valence-electron chi connectivity index (χ2n) is 8.04. The van der Waals surface area contributed by atoms with Crippen molar-refractivity contribution in [3.8, 4) is 0 Å². The summed E-state index contributed by atoms with van der Waals surface area (Å²) >= 11 is 3.29. The van der Waals surface area contributed by atoms with Crippen LogP contribution in [0.3, 0.4) is 0 Å². The van der Waals surface area contributed by atoms with Crippen LogP contribution in [0, 0.1) is 24.7 Å². The van der Waals surface area contributed by atoms with Gasteiger partial charge in [0.15, 0.2) is 0 Å². The normalized spacial score (nSPS) is 32.6. The highest BCUT2D eigenvalue weighted by Gasteiger charge is 2.51. The minimum Gasteiger partial charge on any atom is -0.273 e. The molecule has 1 aromatic heterocycles. The molecule has 5 nitrogen and oxygen atoms in total. The number of nitrogens with zero attached hydrogens (tertiary/aromatic N) is 1. The van der Waals surface area contributed by atoms with Crippen molar-refractivity contribution in [3.63, 3.8) is 0 Å². The van der Waals surface area contributed by atoms with E-state index >= 15 is 0 Å². The molecule has 0 aromatic carbocycles. The topological polar surface area (TPSA) is 71.1 Å². The summed E-state index contributed by atoms with van der Waals surface area (Å²) in [6.07, 6.45) is 8.31. The van der Waals surface area contributed by atoms with Gasteiger partial charge >= 0.3 is 0 Å². The Balaban J connectivity index is 1.21. The molecule has 7 heteroatoms. The first-order chi connectivity index (χ1) is 12.0. The highest BCUT2D eigenvalue weighted by Crippen LogP contribution is 2.60. The summed E-state index contributed by atoms with van der Waals surface area (Å²) in [6, 6.07) is 0. The largest absolute Gasteiger partial charge is 0.273 e. The molecular weight excluding hydrogens is 354 g/mol. The summed E-state index contributed by atoms with van der Waals surface area (Å²) in [4.78, 5) is 28.3. The van der Waals surface area contributed by atoms with Gasteiger partial charge < -0.3 is 0 Å². The third kappa shape index (κ3) is 4.03. The summed E-state index contributed by atoms with van der Waals surface area (Å²) in [5, 5.41) is 2.69. The molecule has 0 spiro atoms. The molecule has 2 amide bonds. The third-order valence-corrected chi connectivity index (χ3v) is 8.30. The van der Waals surface area contributed by atoms with E-state index in [1.807, 2.05) is 24.1 Å². The fraction of sp³-hybridized carbons (Fsp3) is 0.722. The first kappa shape index (κ1) is 17.3. The molecule has 4 saturated carbocycles. The SMILES string of the molecule is Cc1csc(CC(=O)NNC(=O)CSC23CC4CC(CC(C4)C2)C3)n1. The number of thioether (sulfide) groups is 1. The average Bonchev–Trinajstić information content (AvgIpc) is 2.95. The summed E-state index contributed by atoms with van der Waals surface area (Å²) in [7, 11) is 0. The van der Waals surface area contributed by atoms with E-state index < -0.39 is 0 Å². The Bertz CT molecular complexity index is 638. The van der Waals surface area contributed by atoms with Gasteiger partial charge in [0.2, 0.25) is 11.8 Å². The Morgan fingerprint density at radius 1 is 1.16 bits per heavy atom. The van der Waals surface area contributed by atoms with E-state index in [9.17, 15) is 9.59 Å². The molecule has 5 rings (SSSR count). The van der Waals surface area contributed by atoms with Crippen LogP contribution >= 0.6 is 23.1 Å². The van der Waals surface area contributed by atoms with E-state index in [1.54, 1.807) is 0 Å². The van der Waals surface area contributed by atoms with Crippen LogP contribution in [0.5, 0.6) is 0 Å². The van der Waals surface area contributed by atoms with Crippen molar-refractivity contribution in [2.45, 2.75) is 56.6 Å². The van der Waals surface area contributed by atoms with E-state index in [2.05, 4.69) is 15.8 Å². The maximum atomic E-state index is 12.1. The van der Waals surface area contributed by atoms with Crippen molar-refractivity contribution in [3.05, 3.63) is 16.1 Å². The number of amides is 2. The Hall–Kier alpha value is -1.08. The Morgan fingerprint density at radius 3 is 2.32 bits per heavy atom. The zero-order valence-corrected chi connectivity index (χ0v) is 16.2. The van der Waals surface area contributed by atoms with Gasteiger partial charge in [0.1, 0.15) is 5.01 Å². The number of hydrogen-bond donors (Lipinski definition) is 2. The zero-order chi connectivity index (χ0) is 17.4. The van der Waals surface area contributed by atoms with Gasteiger partial charge in [-0.25, -0.2) is 4.98 Å². The van der Waals surface area contributed by atoms with Gasteiger partial charge in [-0.15, -0.1) is 23.1 Å². The van der Waals surface area contributed by atoms with E-state index in [0.29, 0.717) is 10.5 Å². The second-order valence-corrected chi connectivity index (χ2v) is 10.4. The van der Waals surface area contributed by atoms with Crippen molar-refractivity contribution in [1.82, 2.24) is 15.8 Å². The molecular formula is C18H25N3O2S2. The van der Waals surface area contributed by atoms with Crippen LogP contribution in [-0.4, -0.2) is 27.3 Å². The molecule has 0 unspecified atom stereocenters. The third-order valence-electron chi connectivity index (χ3n) is 5.81. The fourth-order valence-corrected chi connectivity index (χ4v) is 7.61. The Labute approximate surface area is 156 Å². The fourth-order valence-electron chi connectivity index (χ4n) is 5.27. The van der Waals surface area contributed by atoms with E-state index in [1.165, 1.54) is 49.9 Å². The number of aromatic nitrogens is 1. The predicted octanol–water partition coefficient (Wildman–Crippen LogP) is 2.84. The van der Waals surface area contributed by atoms with Crippen LogP contribution < -0.4 is 10.9 Å². The van der Waals surface area contributed by atoms with Crippen molar-refractivity contribution in [1.29, 1.82) is 0 Å². The van der Waals surface area contributed by atoms with Crippen LogP contribution in [0.4, 0.5) is 0 Å². The van der Waals surface area contributed by atoms with Crippen LogP contribution in [0.2, 0.25) is 0 Å². The highest BCUT2D eigenvalue weighted by molar-refractivity contribution is 8.01. The molecule has 25 heavy (non-hydrogen) atoms. The molecule has 0 aliphatic heterocycles. The molecule has 136 valence electrons. The lowest BCUT2D eigenvalue weighted by Gasteiger charge is -2.56. The number of carbonyl (C=O) groups is 2. The predicted molar refractivity (Wildman–Crippen MR) is 100 cm³/mol. The number of nitrogens with one attached hydrogen (secondary N) is 2. The molecule has 1 aromatic rings. The Kier molecular flexibility index (Phi) is 4.79. The lowest BCUT2D eigenvalue weighted by atomic mass is 9.56. The minimum absolute atomic E-state index is 0.107. The molecule has 4 aliphatic carbocycles. The van der Waals surface area contributed by atoms with Gasteiger partial charge in [-0.2, -0.15) is 0 Å². The molecule has 2 N–H and O–H groups in total. The molecule has 4 fully saturated rings. The molecule has 1 heterocycles. The summed E-state index contributed by atoms with van der Waals surface area (Å²) in [5.74, 6) is 2.78. The summed E-state index contributed by atoms with van der Waals surface area (Å²) in [5.41, 5.74) is 5.99. The quantitative estimate of drug-likeness (QED) is 0.772. The van der Waals surface area contributed by atoms with E-state index in [4.69, 9.17) is 0 Å². The minimum atomic E-state index is -0.220. The van der Waals surface area contributed by atoms with Gasteiger partial charge in [-0.1, -0.05) is 0 Å². The molecule has 0 radical (unpaired) electrons. The van der Waals surface area contributed by atoms with Crippen molar-refractivity contribution >= 4 is 34.9 Å². The van der Waals surface area contributed by atoms with Gasteiger partial charge in [-0.3, -0.25) is 20.4 Å². The van der Waals surface area contributed by atoms with Crippen molar-refractivity contribution < 1.29 is 9.59 Å². The number of rotatable bonds is 5. The molecule has 4 bridgehead atoms. The van der Waals surface area contributed by atoms with Crippen molar-refractivity contribution in [2.75, 3.05) is 5.75 Å². The number of hydrazine groups is 1. The van der Waals surface area contributed by atoms with Crippen molar-refractivity contribution in [2.24, 2.45) is 17.8 Å². The van der Waals surface area contributed by atoms with Gasteiger partial charge in [0, 0.05) is 15.8 Å². The number of hydrogen-bond acceptors (Lipinski definition) is 5. The smallest absolute Gasteiger partial charge is 0.248 e. The van der Waals surface area contributed by atoms with Gasteiger partial charge in [0.25, 0.3) is 0 Å². The summed E-state index contributed by atoms with van der Waals surface area (Å²) < 4.78 is 0.328. The molecule has 0 saturated heterocycles. The van der Waals surface area contributed by atoms with Crippen LogP contribution in [0.1, 0.15) is 49.2 Å². The number of thiazole rings is 1. The van der Waals surface area contributed by atoms with Crippen LogP contribution in [0.25, 0.3) is 0 Å². The molecule has 4 aliphatic rings. The maximum absolute atomic E-state index is 12.1. The van der Waals surface area contributed by atoms with Crippen LogP contribution in [0.15, 0.2) is 5.38 Å². The standard InChI is InChI=1S/C18H25N3O2S2/c1-11-9-24-17(19-11)5-15(22)20-21-16(23)10-25-18-6-12-2-13(7-18)4-14(3-12)8-18/h9,12-14H,2-8,10H2,1H3,(H,20,22)(H,21,23). The molecule has 0 atom stereocenters. The first-order valence-corrected chi connectivity index (χ1v) is 11.0. The van der Waals surface area contributed by atoms with E-state index in [-0.39, 0.29) is 18.2 Å².